The molecule has 0 saturated carbocycles. The molecule has 6 nitrogen and oxygen atoms in total. The first-order valence-corrected chi connectivity index (χ1v) is 5.39. The Labute approximate surface area is 98.8 Å². The van der Waals surface area contributed by atoms with E-state index >= 15 is 0 Å². The van der Waals surface area contributed by atoms with Crippen molar-refractivity contribution in [3.05, 3.63) is 18.6 Å². The Balaban J connectivity index is 2.27. The van der Waals surface area contributed by atoms with Crippen molar-refractivity contribution in [3.8, 4) is 0 Å². The van der Waals surface area contributed by atoms with Crippen LogP contribution in [-0.2, 0) is 11.8 Å². The van der Waals surface area contributed by atoms with Crippen LogP contribution in [0.1, 0.15) is 13.3 Å². The van der Waals surface area contributed by atoms with E-state index in [0.29, 0.717) is 5.82 Å². The minimum atomic E-state index is -0.335. The summed E-state index contributed by atoms with van der Waals surface area (Å²) in [5.41, 5.74) is 6.94. The van der Waals surface area contributed by atoms with E-state index in [4.69, 9.17) is 5.73 Å². The van der Waals surface area contributed by atoms with Crippen molar-refractivity contribution < 1.29 is 4.79 Å². The zero-order chi connectivity index (χ0) is 12.4. The standard InChI is InChI=1S/C11H15N5O/c1-7(5-9(12)17)15-11-10-8(3-4-13-11)16(2)6-14-10/h3-4,6-7H,5H2,1-2H3,(H2,12,17)(H,13,15). The van der Waals surface area contributed by atoms with Gasteiger partial charge in [-0.1, -0.05) is 0 Å². The molecular formula is C11H15N5O. The van der Waals surface area contributed by atoms with Crippen LogP contribution in [0.15, 0.2) is 18.6 Å². The minimum absolute atomic E-state index is 0.0624. The zero-order valence-electron chi connectivity index (χ0n) is 9.84. The van der Waals surface area contributed by atoms with Crippen molar-refractivity contribution in [2.45, 2.75) is 19.4 Å². The highest BCUT2D eigenvalue weighted by Gasteiger charge is 2.11. The van der Waals surface area contributed by atoms with Crippen LogP contribution >= 0.6 is 0 Å². The Bertz CT molecular complexity index is 548. The normalized spacial score (nSPS) is 12.6. The number of rotatable bonds is 4. The predicted octanol–water partition coefficient (Wildman–Crippen LogP) is 0.644. The van der Waals surface area contributed by atoms with Crippen molar-refractivity contribution in [3.63, 3.8) is 0 Å². The van der Waals surface area contributed by atoms with Gasteiger partial charge in [0.2, 0.25) is 5.91 Å². The van der Waals surface area contributed by atoms with Gasteiger partial charge in [-0.05, 0) is 13.0 Å². The van der Waals surface area contributed by atoms with Gasteiger partial charge in [0, 0.05) is 25.7 Å². The van der Waals surface area contributed by atoms with Gasteiger partial charge < -0.3 is 15.6 Å². The molecule has 2 aromatic rings. The third-order valence-corrected chi connectivity index (χ3v) is 2.53. The number of aryl methyl sites for hydroxylation is 1. The molecule has 17 heavy (non-hydrogen) atoms. The van der Waals surface area contributed by atoms with Gasteiger partial charge in [-0.25, -0.2) is 9.97 Å². The number of hydrogen-bond donors (Lipinski definition) is 2. The van der Waals surface area contributed by atoms with Crippen LogP contribution in [0.5, 0.6) is 0 Å². The van der Waals surface area contributed by atoms with Crippen molar-refractivity contribution >= 4 is 22.8 Å². The summed E-state index contributed by atoms with van der Waals surface area (Å²) in [5, 5.41) is 3.14. The van der Waals surface area contributed by atoms with Crippen molar-refractivity contribution in [1.29, 1.82) is 0 Å². The summed E-state index contributed by atoms with van der Waals surface area (Å²) in [6.07, 6.45) is 3.71. The van der Waals surface area contributed by atoms with E-state index in [1.165, 1.54) is 0 Å². The van der Waals surface area contributed by atoms with Gasteiger partial charge in [-0.3, -0.25) is 4.79 Å². The quantitative estimate of drug-likeness (QED) is 0.811. The van der Waals surface area contributed by atoms with Gasteiger partial charge in [0.05, 0.1) is 11.8 Å². The molecule has 0 radical (unpaired) electrons. The average Bonchev–Trinajstić information content (AvgIpc) is 2.61. The maximum atomic E-state index is 10.8. The van der Waals surface area contributed by atoms with E-state index in [1.807, 2.05) is 24.6 Å². The molecule has 1 atom stereocenters. The molecule has 1 amide bonds. The van der Waals surface area contributed by atoms with Gasteiger partial charge in [0.15, 0.2) is 5.82 Å². The number of aromatic nitrogens is 3. The molecule has 90 valence electrons. The maximum absolute atomic E-state index is 10.8. The number of anilines is 1. The SMILES string of the molecule is CC(CC(N)=O)Nc1nccc2c1ncn2C. The van der Waals surface area contributed by atoms with Crippen LogP contribution in [0.25, 0.3) is 11.0 Å². The van der Waals surface area contributed by atoms with Crippen LogP contribution in [0.4, 0.5) is 5.82 Å². The molecule has 0 bridgehead atoms. The summed E-state index contributed by atoms with van der Waals surface area (Å²) in [6, 6.07) is 1.83. The zero-order valence-corrected chi connectivity index (χ0v) is 9.84. The Morgan fingerprint density at radius 1 is 1.59 bits per heavy atom. The molecule has 2 heterocycles. The Kier molecular flexibility index (Phi) is 2.95. The highest BCUT2D eigenvalue weighted by Crippen LogP contribution is 2.19. The first kappa shape index (κ1) is 11.4. The molecule has 6 heteroatoms. The van der Waals surface area contributed by atoms with Crippen molar-refractivity contribution in [2.24, 2.45) is 12.8 Å². The van der Waals surface area contributed by atoms with Gasteiger partial charge in [-0.15, -0.1) is 0 Å². The predicted molar refractivity (Wildman–Crippen MR) is 65.4 cm³/mol. The molecular weight excluding hydrogens is 218 g/mol. The van der Waals surface area contributed by atoms with E-state index in [-0.39, 0.29) is 18.4 Å². The average molecular weight is 233 g/mol. The third-order valence-electron chi connectivity index (χ3n) is 2.53. The van der Waals surface area contributed by atoms with Crippen molar-refractivity contribution in [2.75, 3.05) is 5.32 Å². The summed E-state index contributed by atoms with van der Waals surface area (Å²) in [4.78, 5) is 19.3. The summed E-state index contributed by atoms with van der Waals surface area (Å²) >= 11 is 0. The van der Waals surface area contributed by atoms with Crippen LogP contribution in [0.3, 0.4) is 0 Å². The van der Waals surface area contributed by atoms with E-state index in [0.717, 1.165) is 11.0 Å². The lowest BCUT2D eigenvalue weighted by molar-refractivity contribution is -0.118. The van der Waals surface area contributed by atoms with Gasteiger partial charge >= 0.3 is 0 Å². The minimum Gasteiger partial charge on any atom is -0.370 e. The largest absolute Gasteiger partial charge is 0.370 e. The molecule has 0 aliphatic rings. The number of fused-ring (bicyclic) bond motifs is 1. The van der Waals surface area contributed by atoms with Crippen LogP contribution in [-0.4, -0.2) is 26.5 Å². The Hall–Kier alpha value is -2.11. The fourth-order valence-corrected chi connectivity index (χ4v) is 1.75. The second-order valence-corrected chi connectivity index (χ2v) is 4.10. The summed E-state index contributed by atoms with van der Waals surface area (Å²) in [6.45, 7) is 1.88. The second-order valence-electron chi connectivity index (χ2n) is 4.10. The lowest BCUT2D eigenvalue weighted by Gasteiger charge is -2.12. The molecule has 0 spiro atoms. The van der Waals surface area contributed by atoms with Crippen molar-refractivity contribution in [1.82, 2.24) is 14.5 Å². The number of primary amides is 1. The van der Waals surface area contributed by atoms with Crippen LogP contribution in [0, 0.1) is 0 Å². The topological polar surface area (TPSA) is 85.8 Å². The second kappa shape index (κ2) is 4.40. The summed E-state index contributed by atoms with van der Waals surface area (Å²) < 4.78 is 1.92. The molecule has 0 saturated heterocycles. The van der Waals surface area contributed by atoms with E-state index in [9.17, 15) is 4.79 Å². The van der Waals surface area contributed by atoms with Gasteiger partial charge in [0.25, 0.3) is 0 Å². The van der Waals surface area contributed by atoms with Gasteiger partial charge in [-0.2, -0.15) is 0 Å². The molecule has 1 unspecified atom stereocenters. The van der Waals surface area contributed by atoms with E-state index < -0.39 is 0 Å². The lowest BCUT2D eigenvalue weighted by atomic mass is 10.2. The third kappa shape index (κ3) is 2.35. The molecule has 2 aromatic heterocycles. The van der Waals surface area contributed by atoms with E-state index in [2.05, 4.69) is 15.3 Å². The lowest BCUT2D eigenvalue weighted by Crippen LogP contribution is -2.24. The summed E-state index contributed by atoms with van der Waals surface area (Å²) in [7, 11) is 1.92. The van der Waals surface area contributed by atoms with Crippen LogP contribution < -0.4 is 11.1 Å². The molecule has 3 N–H and O–H groups in total. The molecule has 0 aromatic carbocycles. The monoisotopic (exact) mass is 233 g/mol. The fourth-order valence-electron chi connectivity index (χ4n) is 1.75. The first-order valence-electron chi connectivity index (χ1n) is 5.39. The number of nitrogens with zero attached hydrogens (tertiary/aromatic N) is 3. The molecule has 0 fully saturated rings. The number of carbonyl (C=O) groups is 1. The molecule has 2 rings (SSSR count). The number of hydrogen-bond acceptors (Lipinski definition) is 4. The van der Waals surface area contributed by atoms with Gasteiger partial charge in [0.1, 0.15) is 5.52 Å². The molecule has 0 aliphatic carbocycles. The fraction of sp³-hybridized carbons (Fsp3) is 0.364. The summed E-state index contributed by atoms with van der Waals surface area (Å²) in [5.74, 6) is 0.343. The number of nitrogens with two attached hydrogens (primary N) is 1. The molecule has 0 aliphatic heterocycles. The highest BCUT2D eigenvalue weighted by atomic mass is 16.1. The number of nitrogens with one attached hydrogen (secondary N) is 1. The maximum Gasteiger partial charge on any atom is 0.219 e. The number of imidazole rings is 1. The number of pyridine rings is 1. The van der Waals surface area contributed by atoms with E-state index in [1.54, 1.807) is 12.5 Å². The Morgan fingerprint density at radius 2 is 2.35 bits per heavy atom. The van der Waals surface area contributed by atoms with Crippen LogP contribution in [0.2, 0.25) is 0 Å². The first-order chi connectivity index (χ1) is 8.08. The highest BCUT2D eigenvalue weighted by molar-refractivity contribution is 5.86. The smallest absolute Gasteiger partial charge is 0.219 e. The number of amides is 1. The Morgan fingerprint density at radius 3 is 3.06 bits per heavy atom. The number of carbonyl (C=O) groups excluding carboxylic acids is 1.